The molecule has 0 aliphatic carbocycles. The van der Waals surface area contributed by atoms with Crippen LogP contribution >= 0.6 is 0 Å². The van der Waals surface area contributed by atoms with Crippen LogP contribution in [-0.4, -0.2) is 37.2 Å². The first kappa shape index (κ1) is 24.0. The monoisotopic (exact) mass is 441 g/mol. The van der Waals surface area contributed by atoms with Crippen LogP contribution in [0.15, 0.2) is 62.2 Å². The normalized spacial score (nSPS) is 11.5. The summed E-state index contributed by atoms with van der Waals surface area (Å²) >= 11 is 0. The summed E-state index contributed by atoms with van der Waals surface area (Å²) in [6.45, 7) is -0.189. The van der Waals surface area contributed by atoms with Crippen LogP contribution < -0.4 is 39.2 Å². The van der Waals surface area contributed by atoms with Gasteiger partial charge in [-0.25, -0.2) is 8.42 Å². The van der Waals surface area contributed by atoms with Crippen LogP contribution in [0.25, 0.3) is 22.1 Å². The quantitative estimate of drug-likeness (QED) is 0.175. The molecule has 0 fully saturated rings. The third-order valence-corrected chi connectivity index (χ3v) is 4.20. The molecular formula is C18H16N3NaO7S. The standard InChI is InChI=1S/C18H17N3O7S.Na/c1-21(2)20-19-15-8-12(4-6-16(15)28-29(24,25)26)14-10-27-17-7-11(9-22)3-5-13(17)18(14)23;/h3-8,10,22H,9H2,1-2H3,(H,24,25,26);/q;+1/p-1. The molecule has 152 valence electrons. The zero-order valence-corrected chi connectivity index (χ0v) is 19.2. The molecule has 12 heteroatoms. The minimum atomic E-state index is -5.03. The first-order valence-corrected chi connectivity index (χ1v) is 9.55. The summed E-state index contributed by atoms with van der Waals surface area (Å²) in [4.78, 5) is 12.9. The molecule has 0 aliphatic rings. The molecule has 0 unspecified atom stereocenters. The maximum atomic E-state index is 12.9. The first-order valence-electron chi connectivity index (χ1n) is 8.22. The number of hydrogen-bond donors (Lipinski definition) is 1. The Morgan fingerprint density at radius 3 is 2.57 bits per heavy atom. The third kappa shape index (κ3) is 5.65. The molecule has 0 amide bonds. The van der Waals surface area contributed by atoms with Gasteiger partial charge in [-0.15, -0.1) is 5.11 Å². The molecule has 2 aromatic carbocycles. The van der Waals surface area contributed by atoms with Gasteiger partial charge in [0.15, 0.2) is 11.2 Å². The second kappa shape index (κ2) is 9.69. The second-order valence-corrected chi connectivity index (χ2v) is 7.16. The molecule has 1 N–H and O–H groups in total. The van der Waals surface area contributed by atoms with E-state index in [1.165, 1.54) is 29.5 Å². The van der Waals surface area contributed by atoms with E-state index in [1.807, 2.05) is 0 Å². The fourth-order valence-corrected chi connectivity index (χ4v) is 2.91. The van der Waals surface area contributed by atoms with Crippen LogP contribution in [0.2, 0.25) is 0 Å². The Bertz CT molecular complexity index is 1260. The molecule has 30 heavy (non-hydrogen) atoms. The van der Waals surface area contributed by atoms with E-state index in [9.17, 15) is 22.9 Å². The minimum absolute atomic E-state index is 0. The van der Waals surface area contributed by atoms with Gasteiger partial charge in [0.25, 0.3) is 10.4 Å². The van der Waals surface area contributed by atoms with Crippen molar-refractivity contribution in [3.05, 3.63) is 58.4 Å². The molecule has 3 aromatic rings. The van der Waals surface area contributed by atoms with E-state index in [0.717, 1.165) is 0 Å². The average molecular weight is 441 g/mol. The molecule has 0 bridgehead atoms. The van der Waals surface area contributed by atoms with Crippen molar-refractivity contribution in [1.82, 2.24) is 5.01 Å². The summed E-state index contributed by atoms with van der Waals surface area (Å²) in [5.41, 5.74) is 1.06. The zero-order chi connectivity index (χ0) is 21.2. The minimum Gasteiger partial charge on any atom is -0.716 e. The van der Waals surface area contributed by atoms with Crippen molar-refractivity contribution in [3.63, 3.8) is 0 Å². The van der Waals surface area contributed by atoms with Crippen molar-refractivity contribution in [2.45, 2.75) is 6.61 Å². The molecule has 3 rings (SSSR count). The maximum Gasteiger partial charge on any atom is 1.00 e. The van der Waals surface area contributed by atoms with Gasteiger partial charge in [-0.05, 0) is 35.4 Å². The van der Waals surface area contributed by atoms with Gasteiger partial charge < -0.3 is 18.3 Å². The Balaban J connectivity index is 0.00000320. The Morgan fingerprint density at radius 1 is 1.20 bits per heavy atom. The fourth-order valence-electron chi connectivity index (χ4n) is 2.55. The van der Waals surface area contributed by atoms with E-state index >= 15 is 0 Å². The molecule has 0 aliphatic heterocycles. The Labute approximate surface area is 194 Å². The van der Waals surface area contributed by atoms with Crippen molar-refractivity contribution < 1.29 is 56.2 Å². The largest absolute Gasteiger partial charge is 1.00 e. The number of nitrogens with zero attached hydrogens (tertiary/aromatic N) is 3. The summed E-state index contributed by atoms with van der Waals surface area (Å²) in [6.07, 6.45) is 1.25. The van der Waals surface area contributed by atoms with Gasteiger partial charge in [0.2, 0.25) is 0 Å². The fraction of sp³-hybridized carbons (Fsp3) is 0.167. The number of fused-ring (bicyclic) bond motifs is 1. The predicted octanol–water partition coefficient (Wildman–Crippen LogP) is -0.644. The van der Waals surface area contributed by atoms with Gasteiger partial charge in [-0.1, -0.05) is 17.4 Å². The third-order valence-electron chi connectivity index (χ3n) is 3.81. The van der Waals surface area contributed by atoms with Crippen molar-refractivity contribution in [2.24, 2.45) is 10.3 Å². The number of aliphatic hydroxyl groups is 1. The molecule has 0 atom stereocenters. The van der Waals surface area contributed by atoms with E-state index in [2.05, 4.69) is 14.5 Å². The molecule has 0 saturated heterocycles. The maximum absolute atomic E-state index is 12.9. The molecular weight excluding hydrogens is 425 g/mol. The van der Waals surface area contributed by atoms with Gasteiger partial charge in [0, 0.05) is 14.1 Å². The smallest absolute Gasteiger partial charge is 0.716 e. The van der Waals surface area contributed by atoms with Crippen molar-refractivity contribution >= 4 is 27.1 Å². The summed E-state index contributed by atoms with van der Waals surface area (Å²) in [7, 11) is -1.84. The summed E-state index contributed by atoms with van der Waals surface area (Å²) in [5, 5.41) is 18.5. The van der Waals surface area contributed by atoms with Gasteiger partial charge in [-0.3, -0.25) is 9.80 Å². The second-order valence-electron chi connectivity index (χ2n) is 6.18. The number of aliphatic hydroxyl groups excluding tert-OH is 1. The van der Waals surface area contributed by atoms with E-state index in [-0.39, 0.29) is 58.6 Å². The van der Waals surface area contributed by atoms with Crippen molar-refractivity contribution in [1.29, 1.82) is 0 Å². The zero-order valence-electron chi connectivity index (χ0n) is 16.4. The van der Waals surface area contributed by atoms with Crippen molar-refractivity contribution in [2.75, 3.05) is 14.1 Å². The topological polar surface area (TPSA) is 145 Å². The Kier molecular flexibility index (Phi) is 7.75. The van der Waals surface area contributed by atoms with Gasteiger partial charge in [0.05, 0.1) is 17.6 Å². The average Bonchev–Trinajstić information content (AvgIpc) is 2.66. The summed E-state index contributed by atoms with van der Waals surface area (Å²) in [6, 6.07) is 8.67. The molecule has 0 saturated carbocycles. The van der Waals surface area contributed by atoms with Gasteiger partial charge in [-0.2, -0.15) is 0 Å². The van der Waals surface area contributed by atoms with E-state index in [1.54, 1.807) is 32.3 Å². The number of hydrogen-bond acceptors (Lipinski definition) is 9. The van der Waals surface area contributed by atoms with E-state index in [0.29, 0.717) is 22.1 Å². The SMILES string of the molecule is CN(C)N=Nc1cc(-c2coc3cc(CO)ccc3c2=O)ccc1OS(=O)(=O)[O-].[Na+]. The number of rotatable bonds is 6. The van der Waals surface area contributed by atoms with Crippen LogP contribution in [0, 0.1) is 0 Å². The van der Waals surface area contributed by atoms with Gasteiger partial charge >= 0.3 is 29.6 Å². The Hall–Kier alpha value is -2.28. The molecule has 0 spiro atoms. The molecule has 0 radical (unpaired) electrons. The van der Waals surface area contributed by atoms with Crippen LogP contribution in [-0.2, 0) is 17.0 Å². The Morgan fingerprint density at radius 2 is 1.93 bits per heavy atom. The molecule has 1 heterocycles. The first-order chi connectivity index (χ1) is 13.7. The number of benzene rings is 2. The van der Waals surface area contributed by atoms with Crippen LogP contribution in [0.1, 0.15) is 5.56 Å². The van der Waals surface area contributed by atoms with Crippen molar-refractivity contribution in [3.8, 4) is 16.9 Å². The molecule has 10 nitrogen and oxygen atoms in total. The predicted molar refractivity (Wildman–Crippen MR) is 102 cm³/mol. The van der Waals surface area contributed by atoms with Crippen LogP contribution in [0.5, 0.6) is 5.75 Å². The van der Waals surface area contributed by atoms with Crippen LogP contribution in [0.4, 0.5) is 5.69 Å². The summed E-state index contributed by atoms with van der Waals surface area (Å²) in [5.74, 6) is -0.327. The van der Waals surface area contributed by atoms with Crippen LogP contribution in [0.3, 0.4) is 0 Å². The van der Waals surface area contributed by atoms with Gasteiger partial charge in [0.1, 0.15) is 17.5 Å². The van der Waals surface area contributed by atoms with E-state index < -0.39 is 10.4 Å². The van der Waals surface area contributed by atoms with E-state index in [4.69, 9.17) is 4.42 Å². The summed E-state index contributed by atoms with van der Waals surface area (Å²) < 4.78 is 42.8. The molecule has 1 aromatic heterocycles.